The van der Waals surface area contributed by atoms with Crippen LogP contribution in [-0.2, 0) is 0 Å². The molecule has 5 rings (SSSR count). The molecule has 0 saturated carbocycles. The minimum absolute atomic E-state index is 0.147. The van der Waals surface area contributed by atoms with E-state index in [1.54, 1.807) is 42.7 Å². The van der Waals surface area contributed by atoms with E-state index in [0.29, 0.717) is 33.5 Å². The maximum absolute atomic E-state index is 14.0. The average molecular weight is 477 g/mol. The van der Waals surface area contributed by atoms with Crippen molar-refractivity contribution in [1.29, 1.82) is 0 Å². The van der Waals surface area contributed by atoms with Crippen molar-refractivity contribution in [3.63, 3.8) is 0 Å². The van der Waals surface area contributed by atoms with Crippen LogP contribution in [0.2, 0.25) is 0 Å². The van der Waals surface area contributed by atoms with Crippen molar-refractivity contribution in [2.24, 2.45) is 0 Å². The van der Waals surface area contributed by atoms with Crippen LogP contribution in [-0.4, -0.2) is 16.1 Å². The Morgan fingerprint density at radius 2 is 1.69 bits per heavy atom. The molecule has 5 aromatic rings. The summed E-state index contributed by atoms with van der Waals surface area (Å²) in [5, 5.41) is 13.4. The molecule has 0 unspecified atom stereocenters. The Labute approximate surface area is 207 Å². The maximum atomic E-state index is 14.0. The first-order chi connectivity index (χ1) is 17.4. The lowest BCUT2D eigenvalue weighted by atomic mass is 9.96. The van der Waals surface area contributed by atoms with Crippen LogP contribution in [0.1, 0.15) is 34.5 Å². The van der Waals surface area contributed by atoms with Crippen LogP contribution >= 0.6 is 0 Å². The molecule has 0 aliphatic rings. The molecule has 0 spiro atoms. The number of carboxylic acid groups (broad SMARTS) is 1. The Hall–Kier alpha value is -4.71. The van der Waals surface area contributed by atoms with Crippen molar-refractivity contribution < 1.29 is 14.3 Å². The number of hydrogen-bond donors (Lipinski definition) is 2. The lowest BCUT2D eigenvalue weighted by Crippen LogP contribution is -2.14. The number of pyridine rings is 1. The number of carbonyl (C=O) groups is 1. The zero-order valence-corrected chi connectivity index (χ0v) is 19.9. The van der Waals surface area contributed by atoms with Crippen molar-refractivity contribution in [2.75, 3.05) is 5.32 Å². The normalized spacial score (nSPS) is 11.8. The van der Waals surface area contributed by atoms with Crippen LogP contribution in [0, 0.1) is 6.92 Å². The molecule has 36 heavy (non-hydrogen) atoms. The highest BCUT2D eigenvalue weighted by Gasteiger charge is 2.22. The third kappa shape index (κ3) is 4.25. The van der Waals surface area contributed by atoms with Crippen molar-refractivity contribution in [3.8, 4) is 22.5 Å². The van der Waals surface area contributed by atoms with E-state index in [-0.39, 0.29) is 17.0 Å². The fraction of sp³-hybridized carbons (Fsp3) is 0.100. The van der Waals surface area contributed by atoms with E-state index in [1.807, 2.05) is 62.4 Å². The van der Waals surface area contributed by atoms with Crippen LogP contribution in [0.5, 0.6) is 0 Å². The smallest absolute Gasteiger partial charge is 0.337 e. The van der Waals surface area contributed by atoms with Gasteiger partial charge in [-0.2, -0.15) is 0 Å². The van der Waals surface area contributed by atoms with Gasteiger partial charge in [-0.1, -0.05) is 54.6 Å². The number of aromatic nitrogens is 1. The number of aromatic carboxylic acids is 1. The molecule has 3 aromatic carbocycles. The topological polar surface area (TPSA) is 92.4 Å². The highest BCUT2D eigenvalue weighted by Crippen LogP contribution is 2.36. The van der Waals surface area contributed by atoms with E-state index in [9.17, 15) is 14.7 Å². The summed E-state index contributed by atoms with van der Waals surface area (Å²) in [6, 6.07) is 23.4. The van der Waals surface area contributed by atoms with E-state index in [0.717, 1.165) is 16.7 Å². The van der Waals surface area contributed by atoms with Crippen molar-refractivity contribution >= 4 is 22.6 Å². The number of para-hydroxylation sites is 1. The second-order valence-corrected chi connectivity index (χ2v) is 8.69. The van der Waals surface area contributed by atoms with Crippen LogP contribution in [0.4, 0.5) is 5.69 Å². The zero-order valence-electron chi connectivity index (χ0n) is 19.9. The van der Waals surface area contributed by atoms with Gasteiger partial charge in [0.1, 0.15) is 11.3 Å². The molecule has 0 saturated heterocycles. The molecule has 1 atom stereocenters. The molecular formula is C30H24N2O4. The summed E-state index contributed by atoms with van der Waals surface area (Å²) in [7, 11) is 0. The molecule has 0 aliphatic heterocycles. The minimum Gasteiger partial charge on any atom is -0.478 e. The Kier molecular flexibility index (Phi) is 6.09. The second-order valence-electron chi connectivity index (χ2n) is 8.69. The Balaban J connectivity index is 1.75. The summed E-state index contributed by atoms with van der Waals surface area (Å²) >= 11 is 0. The van der Waals surface area contributed by atoms with Gasteiger partial charge in [-0.15, -0.1) is 0 Å². The molecule has 0 radical (unpaired) electrons. The van der Waals surface area contributed by atoms with Crippen molar-refractivity contribution in [2.45, 2.75) is 19.9 Å². The number of fused-ring (bicyclic) bond motifs is 1. The molecular weight excluding hydrogens is 452 g/mol. The monoisotopic (exact) mass is 476 g/mol. The molecule has 0 fully saturated rings. The predicted molar refractivity (Wildman–Crippen MR) is 141 cm³/mol. The number of benzene rings is 3. The van der Waals surface area contributed by atoms with Crippen molar-refractivity contribution in [3.05, 3.63) is 118 Å². The number of aryl methyl sites for hydroxylation is 1. The summed E-state index contributed by atoms with van der Waals surface area (Å²) in [6.07, 6.45) is 3.33. The van der Waals surface area contributed by atoms with E-state index < -0.39 is 5.97 Å². The Morgan fingerprint density at radius 3 is 2.42 bits per heavy atom. The highest BCUT2D eigenvalue weighted by molar-refractivity contribution is 5.95. The van der Waals surface area contributed by atoms with Gasteiger partial charge in [0.15, 0.2) is 0 Å². The van der Waals surface area contributed by atoms with Gasteiger partial charge in [-0.05, 0) is 43.7 Å². The third-order valence-electron chi connectivity index (χ3n) is 6.15. The largest absolute Gasteiger partial charge is 0.478 e. The molecule has 6 nitrogen and oxygen atoms in total. The number of rotatable bonds is 6. The summed E-state index contributed by atoms with van der Waals surface area (Å²) in [5.41, 5.74) is 4.55. The van der Waals surface area contributed by atoms with Gasteiger partial charge in [-0.25, -0.2) is 4.79 Å². The van der Waals surface area contributed by atoms with E-state index in [2.05, 4.69) is 10.3 Å². The van der Waals surface area contributed by atoms with E-state index in [4.69, 9.17) is 4.42 Å². The van der Waals surface area contributed by atoms with Crippen LogP contribution in [0.3, 0.4) is 0 Å². The average Bonchev–Trinajstić information content (AvgIpc) is 2.89. The quantitative estimate of drug-likeness (QED) is 0.283. The summed E-state index contributed by atoms with van der Waals surface area (Å²) < 4.78 is 6.55. The molecule has 2 N–H and O–H groups in total. The first kappa shape index (κ1) is 23.1. The van der Waals surface area contributed by atoms with Crippen LogP contribution in [0.25, 0.3) is 33.4 Å². The number of nitrogens with zero attached hydrogens (tertiary/aromatic N) is 1. The number of carboxylic acids is 1. The lowest BCUT2D eigenvalue weighted by Gasteiger charge is -2.20. The summed E-state index contributed by atoms with van der Waals surface area (Å²) in [4.78, 5) is 29.9. The maximum Gasteiger partial charge on any atom is 0.337 e. The molecule has 2 aromatic heterocycles. The Morgan fingerprint density at radius 1 is 0.972 bits per heavy atom. The molecule has 0 aliphatic carbocycles. The Bertz CT molecular complexity index is 1630. The van der Waals surface area contributed by atoms with Gasteiger partial charge in [-0.3, -0.25) is 9.78 Å². The zero-order chi connectivity index (χ0) is 25.2. The number of hydrogen-bond acceptors (Lipinski definition) is 5. The van der Waals surface area contributed by atoms with E-state index in [1.165, 1.54) is 0 Å². The number of anilines is 1. The first-order valence-corrected chi connectivity index (χ1v) is 11.6. The molecule has 0 amide bonds. The molecule has 2 heterocycles. The van der Waals surface area contributed by atoms with E-state index >= 15 is 0 Å². The van der Waals surface area contributed by atoms with Gasteiger partial charge in [0.05, 0.1) is 22.6 Å². The van der Waals surface area contributed by atoms with Gasteiger partial charge in [0.25, 0.3) is 0 Å². The van der Waals surface area contributed by atoms with Gasteiger partial charge < -0.3 is 14.8 Å². The standard InChI is InChI=1S/C30H24N2O4/c1-18-15-23(19(2)32-25-13-7-6-12-22(25)30(34)35)29-24(16-18)27(33)26(21-11-8-14-31-17-21)28(36-29)20-9-4-3-5-10-20/h3-17,19,32H,1-2H3,(H,34,35)/t19-/m1/s1. The molecule has 6 heteroatoms. The number of nitrogens with one attached hydrogen (secondary N) is 1. The SMILES string of the molecule is Cc1cc([C@@H](C)Nc2ccccc2C(=O)O)c2oc(-c3ccccc3)c(-c3cccnc3)c(=O)c2c1. The summed E-state index contributed by atoms with van der Waals surface area (Å²) in [5.74, 6) is -0.553. The fourth-order valence-electron chi connectivity index (χ4n) is 4.47. The van der Waals surface area contributed by atoms with Gasteiger partial charge in [0, 0.05) is 34.8 Å². The van der Waals surface area contributed by atoms with Crippen LogP contribution < -0.4 is 10.7 Å². The highest BCUT2D eigenvalue weighted by atomic mass is 16.4. The first-order valence-electron chi connectivity index (χ1n) is 11.6. The minimum atomic E-state index is -1.02. The third-order valence-corrected chi connectivity index (χ3v) is 6.15. The molecule has 178 valence electrons. The lowest BCUT2D eigenvalue weighted by molar-refractivity contribution is 0.0698. The predicted octanol–water partition coefficient (Wildman–Crippen LogP) is 6.70. The second kappa shape index (κ2) is 9.50. The van der Waals surface area contributed by atoms with Gasteiger partial charge in [0.2, 0.25) is 5.43 Å². The summed E-state index contributed by atoms with van der Waals surface area (Å²) in [6.45, 7) is 3.85. The van der Waals surface area contributed by atoms with Crippen LogP contribution in [0.15, 0.2) is 100 Å². The fourth-order valence-corrected chi connectivity index (χ4v) is 4.47. The molecule has 0 bridgehead atoms. The van der Waals surface area contributed by atoms with Crippen molar-refractivity contribution in [1.82, 2.24) is 4.98 Å². The van der Waals surface area contributed by atoms with Gasteiger partial charge >= 0.3 is 5.97 Å².